The Morgan fingerprint density at radius 2 is 2.00 bits per heavy atom. The van der Waals surface area contributed by atoms with E-state index in [-0.39, 0.29) is 18.2 Å². The monoisotopic (exact) mass is 385 g/mol. The van der Waals surface area contributed by atoms with Crippen molar-refractivity contribution in [3.63, 3.8) is 0 Å². The first-order chi connectivity index (χ1) is 13.1. The summed E-state index contributed by atoms with van der Waals surface area (Å²) in [6, 6.07) is 13.2. The highest BCUT2D eigenvalue weighted by molar-refractivity contribution is 7.14. The molecule has 3 aromatic rings. The molecule has 0 aliphatic rings. The molecule has 0 aliphatic carbocycles. The van der Waals surface area contributed by atoms with E-state index in [4.69, 9.17) is 9.47 Å². The van der Waals surface area contributed by atoms with Crippen molar-refractivity contribution >= 4 is 28.1 Å². The molecule has 0 atom stereocenters. The summed E-state index contributed by atoms with van der Waals surface area (Å²) in [5.74, 6) is 0.625. The molecule has 9 heteroatoms. The van der Waals surface area contributed by atoms with Gasteiger partial charge < -0.3 is 9.47 Å². The Labute approximate surface area is 158 Å². The van der Waals surface area contributed by atoms with Crippen LogP contribution in [0.2, 0.25) is 0 Å². The quantitative estimate of drug-likeness (QED) is 0.491. The van der Waals surface area contributed by atoms with E-state index in [0.717, 1.165) is 0 Å². The maximum Gasteiger partial charge on any atom is 0.270 e. The number of non-ortho nitro benzene ring substituents is 1. The number of nitro benzene ring substituents is 1. The minimum atomic E-state index is -0.465. The van der Waals surface area contributed by atoms with Gasteiger partial charge in [0.25, 0.3) is 11.6 Å². The van der Waals surface area contributed by atoms with Crippen LogP contribution < -0.4 is 14.8 Å². The van der Waals surface area contributed by atoms with Crippen molar-refractivity contribution in [2.75, 3.05) is 19.0 Å². The fourth-order valence-electron chi connectivity index (χ4n) is 2.28. The second-order valence-electron chi connectivity index (χ2n) is 5.33. The Hall–Kier alpha value is -3.46. The van der Waals surface area contributed by atoms with Gasteiger partial charge in [-0.25, -0.2) is 4.98 Å². The average Bonchev–Trinajstić information content (AvgIpc) is 3.15. The van der Waals surface area contributed by atoms with Crippen molar-refractivity contribution < 1.29 is 19.2 Å². The van der Waals surface area contributed by atoms with Crippen LogP contribution in [-0.4, -0.2) is 29.5 Å². The summed E-state index contributed by atoms with van der Waals surface area (Å²) in [6.45, 7) is -0.202. The maximum absolute atomic E-state index is 12.1. The van der Waals surface area contributed by atoms with Crippen molar-refractivity contribution in [3.05, 3.63) is 64.0 Å². The maximum atomic E-state index is 12.1. The first kappa shape index (κ1) is 18.3. The number of carbonyl (C=O) groups excluding carboxylic acids is 1. The van der Waals surface area contributed by atoms with E-state index in [2.05, 4.69) is 10.3 Å². The number of hydrogen-bond donors (Lipinski definition) is 1. The molecule has 138 valence electrons. The third-order valence-electron chi connectivity index (χ3n) is 3.53. The number of methoxy groups -OCH3 is 1. The van der Waals surface area contributed by atoms with Crippen LogP contribution >= 0.6 is 11.3 Å². The zero-order chi connectivity index (χ0) is 19.2. The molecular formula is C18H15N3O5S. The summed E-state index contributed by atoms with van der Waals surface area (Å²) in [6.07, 6.45) is 0. The summed E-state index contributed by atoms with van der Waals surface area (Å²) in [5.41, 5.74) is 1.13. The topological polar surface area (TPSA) is 104 Å². The molecule has 0 saturated heterocycles. The van der Waals surface area contributed by atoms with Crippen LogP contribution in [-0.2, 0) is 4.79 Å². The summed E-state index contributed by atoms with van der Waals surface area (Å²) in [5, 5.41) is 15.6. The summed E-state index contributed by atoms with van der Waals surface area (Å²) >= 11 is 1.22. The molecule has 1 aromatic heterocycles. The lowest BCUT2D eigenvalue weighted by Crippen LogP contribution is -2.20. The van der Waals surface area contributed by atoms with Gasteiger partial charge in [0.2, 0.25) is 0 Å². The van der Waals surface area contributed by atoms with Crippen molar-refractivity contribution in [2.24, 2.45) is 0 Å². The molecule has 1 heterocycles. The molecule has 1 amide bonds. The number of ether oxygens (including phenoxy) is 2. The Kier molecular flexibility index (Phi) is 5.62. The Morgan fingerprint density at radius 3 is 2.74 bits per heavy atom. The number of thiazole rings is 1. The van der Waals surface area contributed by atoms with E-state index < -0.39 is 4.92 Å². The van der Waals surface area contributed by atoms with Crippen LogP contribution in [0.5, 0.6) is 11.5 Å². The van der Waals surface area contributed by atoms with Crippen LogP contribution in [0.1, 0.15) is 0 Å². The van der Waals surface area contributed by atoms with Crippen molar-refractivity contribution in [2.45, 2.75) is 0 Å². The molecule has 8 nitrogen and oxygen atoms in total. The number of nitro groups is 1. The highest BCUT2D eigenvalue weighted by atomic mass is 32.1. The molecule has 3 rings (SSSR count). The molecule has 27 heavy (non-hydrogen) atoms. The second-order valence-corrected chi connectivity index (χ2v) is 6.19. The lowest BCUT2D eigenvalue weighted by atomic mass is 10.1. The number of amides is 1. The molecule has 0 unspecified atom stereocenters. The largest absolute Gasteiger partial charge is 0.493 e. The molecule has 0 radical (unpaired) electrons. The van der Waals surface area contributed by atoms with E-state index in [1.165, 1.54) is 30.6 Å². The Bertz CT molecular complexity index is 973. The number of para-hydroxylation sites is 2. The highest BCUT2D eigenvalue weighted by Crippen LogP contribution is 2.28. The van der Waals surface area contributed by atoms with Crippen molar-refractivity contribution in [1.29, 1.82) is 0 Å². The van der Waals surface area contributed by atoms with Gasteiger partial charge in [0, 0.05) is 23.1 Å². The number of benzene rings is 2. The van der Waals surface area contributed by atoms with E-state index >= 15 is 0 Å². The standard InChI is InChI=1S/C18H15N3O5S/c1-25-15-7-2-3-8-16(15)26-10-17(22)20-18-19-14(11-27-18)12-5-4-6-13(9-12)21(23)24/h2-9,11H,10H2,1H3,(H,19,20,22). The van der Waals surface area contributed by atoms with E-state index in [9.17, 15) is 14.9 Å². The van der Waals surface area contributed by atoms with Crippen molar-refractivity contribution in [1.82, 2.24) is 4.98 Å². The van der Waals surface area contributed by atoms with Crippen LogP contribution in [0.4, 0.5) is 10.8 Å². The predicted octanol–water partition coefficient (Wildman–Crippen LogP) is 3.74. The van der Waals surface area contributed by atoms with Crippen LogP contribution in [0.25, 0.3) is 11.3 Å². The Morgan fingerprint density at radius 1 is 1.22 bits per heavy atom. The molecule has 0 spiro atoms. The number of nitrogens with one attached hydrogen (secondary N) is 1. The SMILES string of the molecule is COc1ccccc1OCC(=O)Nc1nc(-c2cccc([N+](=O)[O-])c2)cs1. The minimum Gasteiger partial charge on any atom is -0.493 e. The first-order valence-corrected chi connectivity index (χ1v) is 8.71. The fraction of sp³-hybridized carbons (Fsp3) is 0.111. The summed E-state index contributed by atoms with van der Waals surface area (Å²) in [7, 11) is 1.52. The number of anilines is 1. The van der Waals surface area contributed by atoms with Gasteiger partial charge in [-0.3, -0.25) is 20.2 Å². The zero-order valence-electron chi connectivity index (χ0n) is 14.2. The molecule has 0 saturated carbocycles. The van der Waals surface area contributed by atoms with Gasteiger partial charge in [0.05, 0.1) is 17.7 Å². The minimum absolute atomic E-state index is 0.0173. The second kappa shape index (κ2) is 8.28. The molecule has 0 fully saturated rings. The van der Waals surface area contributed by atoms with Crippen molar-refractivity contribution in [3.8, 4) is 22.8 Å². The van der Waals surface area contributed by atoms with Gasteiger partial charge in [0.1, 0.15) is 0 Å². The third kappa shape index (κ3) is 4.59. The summed E-state index contributed by atoms with van der Waals surface area (Å²) < 4.78 is 10.6. The number of rotatable bonds is 7. The molecule has 2 aromatic carbocycles. The zero-order valence-corrected chi connectivity index (χ0v) is 15.1. The first-order valence-electron chi connectivity index (χ1n) is 7.83. The van der Waals surface area contributed by atoms with Gasteiger partial charge >= 0.3 is 0 Å². The average molecular weight is 385 g/mol. The molecule has 0 bridgehead atoms. The van der Waals surface area contributed by atoms with Gasteiger partial charge in [-0.15, -0.1) is 11.3 Å². The van der Waals surface area contributed by atoms with E-state index in [0.29, 0.717) is 27.9 Å². The summed E-state index contributed by atoms with van der Waals surface area (Å²) in [4.78, 5) is 26.8. The molecular weight excluding hydrogens is 370 g/mol. The molecule has 1 N–H and O–H groups in total. The van der Waals surface area contributed by atoms with Crippen LogP contribution in [0, 0.1) is 10.1 Å². The Balaban J connectivity index is 1.63. The van der Waals surface area contributed by atoms with Crippen LogP contribution in [0.15, 0.2) is 53.9 Å². The van der Waals surface area contributed by atoms with E-state index in [1.807, 2.05) is 0 Å². The number of nitrogens with zero attached hydrogens (tertiary/aromatic N) is 2. The normalized spacial score (nSPS) is 10.3. The van der Waals surface area contributed by atoms with Gasteiger partial charge in [-0.1, -0.05) is 24.3 Å². The number of aromatic nitrogens is 1. The predicted molar refractivity (Wildman–Crippen MR) is 101 cm³/mol. The number of hydrogen-bond acceptors (Lipinski definition) is 7. The van der Waals surface area contributed by atoms with E-state index in [1.54, 1.807) is 41.8 Å². The molecule has 0 aliphatic heterocycles. The third-order valence-corrected chi connectivity index (χ3v) is 4.29. The number of carbonyl (C=O) groups is 1. The highest BCUT2D eigenvalue weighted by Gasteiger charge is 2.12. The van der Waals surface area contributed by atoms with Gasteiger partial charge in [-0.05, 0) is 12.1 Å². The van der Waals surface area contributed by atoms with Crippen LogP contribution in [0.3, 0.4) is 0 Å². The fourth-order valence-corrected chi connectivity index (χ4v) is 3.02. The smallest absolute Gasteiger partial charge is 0.270 e. The lowest BCUT2D eigenvalue weighted by molar-refractivity contribution is -0.384. The van der Waals surface area contributed by atoms with Gasteiger partial charge in [-0.2, -0.15) is 0 Å². The van der Waals surface area contributed by atoms with Gasteiger partial charge in [0.15, 0.2) is 23.2 Å². The lowest BCUT2D eigenvalue weighted by Gasteiger charge is -2.09.